The van der Waals surface area contributed by atoms with Crippen LogP contribution >= 0.6 is 0 Å². The van der Waals surface area contributed by atoms with Crippen LogP contribution in [0.2, 0.25) is 0 Å². The van der Waals surface area contributed by atoms with Crippen LogP contribution in [0.5, 0.6) is 11.5 Å². The maximum absolute atomic E-state index is 12.5. The molecule has 0 bridgehead atoms. The van der Waals surface area contributed by atoms with Gasteiger partial charge in [0.2, 0.25) is 0 Å². The molecule has 0 spiro atoms. The predicted octanol–water partition coefficient (Wildman–Crippen LogP) is 3.98. The molecule has 0 saturated carbocycles. The minimum absolute atomic E-state index is 0.0150. The molecule has 0 radical (unpaired) electrons. The highest BCUT2D eigenvalue weighted by Gasteiger charge is 2.15. The molecule has 1 N–H and O–H groups in total. The summed E-state index contributed by atoms with van der Waals surface area (Å²) in [7, 11) is 0. The first-order valence-electron chi connectivity index (χ1n) is 8.21. The molecule has 24 heavy (non-hydrogen) atoms. The summed E-state index contributed by atoms with van der Waals surface area (Å²) in [6.45, 7) is 8.22. The van der Waals surface area contributed by atoms with E-state index in [1.165, 1.54) is 5.56 Å². The van der Waals surface area contributed by atoms with Crippen molar-refractivity contribution in [1.29, 1.82) is 0 Å². The van der Waals surface area contributed by atoms with Crippen molar-refractivity contribution in [3.05, 3.63) is 59.7 Å². The second-order valence-corrected chi connectivity index (χ2v) is 6.16. The first-order chi connectivity index (χ1) is 11.5. The van der Waals surface area contributed by atoms with Gasteiger partial charge in [0, 0.05) is 0 Å². The van der Waals surface area contributed by atoms with Gasteiger partial charge in [-0.05, 0) is 52.0 Å². The van der Waals surface area contributed by atoms with E-state index in [0.717, 1.165) is 5.75 Å². The number of carbonyl (C=O) groups excluding carboxylic acids is 1. The number of para-hydroxylation sites is 1. The van der Waals surface area contributed by atoms with Crippen LogP contribution in [-0.2, 0) is 0 Å². The Hall–Kier alpha value is -2.49. The fraction of sp³-hybridized carbons (Fsp3) is 0.350. The Morgan fingerprint density at radius 1 is 1.04 bits per heavy atom. The van der Waals surface area contributed by atoms with Crippen molar-refractivity contribution in [2.75, 3.05) is 6.61 Å². The first-order valence-corrected chi connectivity index (χ1v) is 8.21. The zero-order valence-corrected chi connectivity index (χ0v) is 14.7. The van der Waals surface area contributed by atoms with E-state index in [1.54, 1.807) is 6.07 Å². The average molecular weight is 327 g/mol. The van der Waals surface area contributed by atoms with Crippen LogP contribution in [0.1, 0.15) is 36.7 Å². The third-order valence-corrected chi connectivity index (χ3v) is 3.39. The molecule has 0 heterocycles. The molecule has 0 saturated heterocycles. The van der Waals surface area contributed by atoms with Gasteiger partial charge in [-0.1, -0.05) is 29.8 Å². The Balaban J connectivity index is 1.93. The third-order valence-electron chi connectivity index (χ3n) is 3.39. The van der Waals surface area contributed by atoms with E-state index in [1.807, 2.05) is 70.2 Å². The fourth-order valence-electron chi connectivity index (χ4n) is 2.21. The van der Waals surface area contributed by atoms with Crippen molar-refractivity contribution < 1.29 is 14.3 Å². The van der Waals surface area contributed by atoms with Gasteiger partial charge in [0.1, 0.15) is 18.1 Å². The summed E-state index contributed by atoms with van der Waals surface area (Å²) in [5.41, 5.74) is 1.72. The summed E-state index contributed by atoms with van der Waals surface area (Å²) in [6.07, 6.45) is 0.0150. The monoisotopic (exact) mass is 327 g/mol. The zero-order chi connectivity index (χ0) is 17.5. The molecule has 2 aromatic rings. The van der Waals surface area contributed by atoms with E-state index in [2.05, 4.69) is 5.32 Å². The lowest BCUT2D eigenvalue weighted by atomic mass is 10.1. The minimum atomic E-state index is -0.161. The molecule has 0 aliphatic carbocycles. The second-order valence-electron chi connectivity index (χ2n) is 6.16. The van der Waals surface area contributed by atoms with E-state index in [4.69, 9.17) is 9.47 Å². The highest BCUT2D eigenvalue weighted by Crippen LogP contribution is 2.19. The molecule has 0 aliphatic rings. The van der Waals surface area contributed by atoms with Crippen LogP contribution in [-0.4, -0.2) is 24.7 Å². The van der Waals surface area contributed by atoms with Gasteiger partial charge in [-0.15, -0.1) is 0 Å². The smallest absolute Gasteiger partial charge is 0.255 e. The van der Waals surface area contributed by atoms with Crippen molar-refractivity contribution in [2.24, 2.45) is 0 Å². The first kappa shape index (κ1) is 17.9. The van der Waals surface area contributed by atoms with Crippen LogP contribution in [0.3, 0.4) is 0 Å². The van der Waals surface area contributed by atoms with E-state index in [9.17, 15) is 4.79 Å². The van der Waals surface area contributed by atoms with Gasteiger partial charge >= 0.3 is 0 Å². The summed E-state index contributed by atoms with van der Waals surface area (Å²) in [5, 5.41) is 2.95. The van der Waals surface area contributed by atoms with E-state index < -0.39 is 0 Å². The van der Waals surface area contributed by atoms with Crippen molar-refractivity contribution >= 4 is 5.91 Å². The van der Waals surface area contributed by atoms with Crippen LogP contribution in [0, 0.1) is 6.92 Å². The lowest BCUT2D eigenvalue weighted by molar-refractivity contribution is 0.0921. The molecule has 4 nitrogen and oxygen atoms in total. The summed E-state index contributed by atoms with van der Waals surface area (Å²) in [5.74, 6) is 1.23. The van der Waals surface area contributed by atoms with Crippen molar-refractivity contribution in [3.8, 4) is 11.5 Å². The van der Waals surface area contributed by atoms with E-state index >= 15 is 0 Å². The topological polar surface area (TPSA) is 47.6 Å². The van der Waals surface area contributed by atoms with Gasteiger partial charge in [-0.2, -0.15) is 0 Å². The Bertz CT molecular complexity index is 665. The van der Waals surface area contributed by atoms with Crippen LogP contribution in [0.15, 0.2) is 48.5 Å². The molecule has 4 heteroatoms. The zero-order valence-electron chi connectivity index (χ0n) is 14.7. The molecule has 2 rings (SSSR count). The fourth-order valence-corrected chi connectivity index (χ4v) is 2.21. The van der Waals surface area contributed by atoms with Gasteiger partial charge < -0.3 is 14.8 Å². The quantitative estimate of drug-likeness (QED) is 0.837. The lowest BCUT2D eigenvalue weighted by Crippen LogP contribution is -2.37. The predicted molar refractivity (Wildman–Crippen MR) is 95.8 cm³/mol. The molecule has 1 amide bonds. The number of carbonyl (C=O) groups is 1. The maximum Gasteiger partial charge on any atom is 0.255 e. The molecular weight excluding hydrogens is 302 g/mol. The van der Waals surface area contributed by atoms with Gasteiger partial charge in [0.15, 0.2) is 0 Å². The third kappa shape index (κ3) is 5.30. The molecule has 1 atom stereocenters. The number of benzene rings is 2. The second kappa shape index (κ2) is 8.39. The SMILES string of the molecule is Cc1ccc(OC[C@H](C)NC(=O)c2ccccc2OC(C)C)cc1. The van der Waals surface area contributed by atoms with E-state index in [-0.39, 0.29) is 18.1 Å². The Kier molecular flexibility index (Phi) is 6.24. The number of ether oxygens (including phenoxy) is 2. The van der Waals surface area contributed by atoms with E-state index in [0.29, 0.717) is 17.9 Å². The average Bonchev–Trinajstić information content (AvgIpc) is 2.54. The number of nitrogens with one attached hydrogen (secondary N) is 1. The molecule has 0 fully saturated rings. The Morgan fingerprint density at radius 2 is 1.71 bits per heavy atom. The van der Waals surface area contributed by atoms with Crippen molar-refractivity contribution in [1.82, 2.24) is 5.32 Å². The largest absolute Gasteiger partial charge is 0.491 e. The summed E-state index contributed by atoms with van der Waals surface area (Å²) in [4.78, 5) is 12.5. The summed E-state index contributed by atoms with van der Waals surface area (Å²) in [6, 6.07) is 15.0. The molecule has 0 aliphatic heterocycles. The number of rotatable bonds is 7. The highest BCUT2D eigenvalue weighted by molar-refractivity contribution is 5.97. The van der Waals surface area contributed by atoms with Crippen molar-refractivity contribution in [2.45, 2.75) is 39.8 Å². The van der Waals surface area contributed by atoms with Gasteiger partial charge in [-0.3, -0.25) is 4.79 Å². The highest BCUT2D eigenvalue weighted by atomic mass is 16.5. The summed E-state index contributed by atoms with van der Waals surface area (Å²) >= 11 is 0. The lowest BCUT2D eigenvalue weighted by Gasteiger charge is -2.17. The molecule has 0 aromatic heterocycles. The molecular formula is C20H25NO3. The Morgan fingerprint density at radius 3 is 2.38 bits per heavy atom. The van der Waals surface area contributed by atoms with Gasteiger partial charge in [0.05, 0.1) is 17.7 Å². The maximum atomic E-state index is 12.5. The molecule has 2 aromatic carbocycles. The molecule has 128 valence electrons. The number of hydrogen-bond donors (Lipinski definition) is 1. The minimum Gasteiger partial charge on any atom is -0.491 e. The van der Waals surface area contributed by atoms with Crippen molar-refractivity contribution in [3.63, 3.8) is 0 Å². The van der Waals surface area contributed by atoms with Gasteiger partial charge in [-0.25, -0.2) is 0 Å². The number of hydrogen-bond acceptors (Lipinski definition) is 3. The Labute approximate surface area is 143 Å². The van der Waals surface area contributed by atoms with Crippen LogP contribution in [0.4, 0.5) is 0 Å². The van der Waals surface area contributed by atoms with Gasteiger partial charge in [0.25, 0.3) is 5.91 Å². The molecule has 0 unspecified atom stereocenters. The normalized spacial score (nSPS) is 11.9. The van der Waals surface area contributed by atoms with Crippen LogP contribution in [0.25, 0.3) is 0 Å². The number of amides is 1. The summed E-state index contributed by atoms with van der Waals surface area (Å²) < 4.78 is 11.4. The standard InChI is InChI=1S/C20H25NO3/c1-14(2)24-19-8-6-5-7-18(19)20(22)21-16(4)13-23-17-11-9-15(3)10-12-17/h5-12,14,16H,13H2,1-4H3,(H,21,22)/t16-/m0/s1. The van der Waals surface area contributed by atoms with Crippen LogP contribution < -0.4 is 14.8 Å². The number of aryl methyl sites for hydroxylation is 1.